The van der Waals surface area contributed by atoms with E-state index in [0.29, 0.717) is 5.56 Å². The quantitative estimate of drug-likeness (QED) is 0.609. The molecule has 1 unspecified atom stereocenters. The predicted molar refractivity (Wildman–Crippen MR) is 95.1 cm³/mol. The zero-order valence-corrected chi connectivity index (χ0v) is 14.6. The van der Waals surface area contributed by atoms with E-state index < -0.39 is 5.97 Å². The molecule has 1 aliphatic rings. The van der Waals surface area contributed by atoms with E-state index in [1.165, 1.54) is 5.56 Å². The number of esters is 1. The number of hydrogen-bond donors (Lipinski definition) is 1. The number of benzene rings is 2. The van der Waals surface area contributed by atoms with Crippen molar-refractivity contribution in [2.75, 3.05) is 6.61 Å². The highest BCUT2D eigenvalue weighted by Gasteiger charge is 2.23. The lowest BCUT2D eigenvalue weighted by atomic mass is 10.1. The second kappa shape index (κ2) is 7.12. The summed E-state index contributed by atoms with van der Waals surface area (Å²) < 4.78 is 5.92. The van der Waals surface area contributed by atoms with Crippen molar-refractivity contribution in [1.29, 1.82) is 0 Å². The Morgan fingerprint density at radius 2 is 1.87 bits per heavy atom. The summed E-state index contributed by atoms with van der Waals surface area (Å²) in [5, 5.41) is 2.94. The fourth-order valence-corrected chi connectivity index (χ4v) is 3.39. The van der Waals surface area contributed by atoms with Crippen molar-refractivity contribution in [3.05, 3.63) is 68.8 Å². The molecule has 0 spiro atoms. The molecule has 4 nitrogen and oxygen atoms in total. The molecule has 0 bridgehead atoms. The molecule has 118 valence electrons. The summed E-state index contributed by atoms with van der Waals surface area (Å²) in [6.07, 6.45) is 1.85. The van der Waals surface area contributed by atoms with Crippen molar-refractivity contribution in [2.45, 2.75) is 18.9 Å². The average Bonchev–Trinajstić information content (AvgIpc) is 2.96. The standard InChI is InChI=1S/C18H16INO3/c19-15-8-4-3-7-14(15)18(22)23-11-17(21)20-16-10-9-12-5-1-2-6-13(12)16/h1-8,16H,9-11H2,(H,20,21). The van der Waals surface area contributed by atoms with E-state index in [4.69, 9.17) is 4.74 Å². The molecule has 2 aromatic rings. The minimum absolute atomic E-state index is 0.00858. The van der Waals surface area contributed by atoms with Crippen molar-refractivity contribution in [1.82, 2.24) is 5.32 Å². The summed E-state index contributed by atoms with van der Waals surface area (Å²) in [5.41, 5.74) is 2.91. The normalized spacial score (nSPS) is 15.8. The first-order chi connectivity index (χ1) is 11.1. The van der Waals surface area contributed by atoms with Gasteiger partial charge in [-0.3, -0.25) is 4.79 Å². The van der Waals surface area contributed by atoms with Crippen LogP contribution in [0.2, 0.25) is 0 Å². The summed E-state index contributed by atoms with van der Waals surface area (Å²) in [6.45, 7) is -0.261. The zero-order valence-electron chi connectivity index (χ0n) is 12.4. The summed E-state index contributed by atoms with van der Waals surface area (Å²) >= 11 is 2.07. The molecule has 3 rings (SSSR count). The third-order valence-electron chi connectivity index (χ3n) is 3.90. The SMILES string of the molecule is O=C(COC(=O)c1ccccc1I)NC1CCc2ccccc21. The number of carbonyl (C=O) groups excluding carboxylic acids is 2. The summed E-state index contributed by atoms with van der Waals surface area (Å²) in [7, 11) is 0. The summed E-state index contributed by atoms with van der Waals surface area (Å²) in [4.78, 5) is 24.0. The van der Waals surface area contributed by atoms with Crippen molar-refractivity contribution < 1.29 is 14.3 Å². The van der Waals surface area contributed by atoms with E-state index in [0.717, 1.165) is 22.0 Å². The lowest BCUT2D eigenvalue weighted by Crippen LogP contribution is -2.31. The number of rotatable bonds is 4. The molecular formula is C18H16INO3. The molecule has 5 heteroatoms. The van der Waals surface area contributed by atoms with Gasteiger partial charge < -0.3 is 10.1 Å². The molecule has 0 saturated carbocycles. The molecule has 0 fully saturated rings. The molecule has 0 radical (unpaired) electrons. The largest absolute Gasteiger partial charge is 0.452 e. The zero-order chi connectivity index (χ0) is 16.2. The Labute approximate surface area is 148 Å². The van der Waals surface area contributed by atoms with E-state index in [1.807, 2.05) is 30.3 Å². The van der Waals surface area contributed by atoms with Crippen LogP contribution < -0.4 is 5.32 Å². The van der Waals surface area contributed by atoms with Gasteiger partial charge in [-0.05, 0) is 58.7 Å². The number of fused-ring (bicyclic) bond motifs is 1. The van der Waals surface area contributed by atoms with Crippen LogP contribution in [0.15, 0.2) is 48.5 Å². The van der Waals surface area contributed by atoms with Gasteiger partial charge in [-0.1, -0.05) is 36.4 Å². The highest BCUT2D eigenvalue weighted by atomic mass is 127. The van der Waals surface area contributed by atoms with Crippen LogP contribution in [0.1, 0.15) is 33.9 Å². The fourth-order valence-electron chi connectivity index (χ4n) is 2.78. The smallest absolute Gasteiger partial charge is 0.339 e. The first-order valence-electron chi connectivity index (χ1n) is 7.44. The Morgan fingerprint density at radius 1 is 1.13 bits per heavy atom. The van der Waals surface area contributed by atoms with Crippen LogP contribution >= 0.6 is 22.6 Å². The average molecular weight is 421 g/mol. The lowest BCUT2D eigenvalue weighted by Gasteiger charge is -2.14. The molecule has 0 aliphatic heterocycles. The topological polar surface area (TPSA) is 55.4 Å². The Hall–Kier alpha value is -1.89. The second-order valence-corrected chi connectivity index (χ2v) is 6.58. The number of ether oxygens (including phenoxy) is 1. The molecule has 23 heavy (non-hydrogen) atoms. The van der Waals surface area contributed by atoms with Crippen LogP contribution in [0.25, 0.3) is 0 Å². The molecule has 2 aromatic carbocycles. The molecule has 1 atom stereocenters. The van der Waals surface area contributed by atoms with Gasteiger partial charge in [0.25, 0.3) is 5.91 Å². The van der Waals surface area contributed by atoms with Crippen LogP contribution in [0.5, 0.6) is 0 Å². The maximum absolute atomic E-state index is 12.0. The number of carbonyl (C=O) groups is 2. The van der Waals surface area contributed by atoms with Gasteiger partial charge in [0.2, 0.25) is 0 Å². The third kappa shape index (κ3) is 3.72. The molecule has 0 heterocycles. The van der Waals surface area contributed by atoms with Gasteiger partial charge in [0.05, 0.1) is 11.6 Å². The van der Waals surface area contributed by atoms with Gasteiger partial charge in [-0.25, -0.2) is 4.79 Å². The number of nitrogens with one attached hydrogen (secondary N) is 1. The Balaban J connectivity index is 1.55. The fraction of sp³-hybridized carbons (Fsp3) is 0.222. The highest BCUT2D eigenvalue weighted by Crippen LogP contribution is 2.30. The van der Waals surface area contributed by atoms with Crippen LogP contribution in [0, 0.1) is 3.57 Å². The van der Waals surface area contributed by atoms with E-state index in [2.05, 4.69) is 34.0 Å². The van der Waals surface area contributed by atoms with Crippen molar-refractivity contribution in [2.24, 2.45) is 0 Å². The summed E-state index contributed by atoms with van der Waals surface area (Å²) in [5.74, 6) is -0.747. The maximum Gasteiger partial charge on any atom is 0.339 e. The molecule has 1 amide bonds. The molecule has 1 aliphatic carbocycles. The van der Waals surface area contributed by atoms with Crippen LogP contribution in [0.4, 0.5) is 0 Å². The van der Waals surface area contributed by atoms with Crippen LogP contribution in [0.3, 0.4) is 0 Å². The lowest BCUT2D eigenvalue weighted by molar-refractivity contribution is -0.125. The number of amides is 1. The third-order valence-corrected chi connectivity index (χ3v) is 4.84. The molecule has 0 aromatic heterocycles. The monoisotopic (exact) mass is 421 g/mol. The number of hydrogen-bond acceptors (Lipinski definition) is 3. The number of aryl methyl sites for hydroxylation is 1. The second-order valence-electron chi connectivity index (χ2n) is 5.41. The predicted octanol–water partition coefficient (Wildman–Crippen LogP) is 3.25. The van der Waals surface area contributed by atoms with E-state index in [-0.39, 0.29) is 18.6 Å². The molecule has 0 saturated heterocycles. The Kier molecular flexibility index (Phi) is 4.95. The van der Waals surface area contributed by atoms with Gasteiger partial charge in [-0.2, -0.15) is 0 Å². The van der Waals surface area contributed by atoms with Crippen molar-refractivity contribution in [3.63, 3.8) is 0 Å². The van der Waals surface area contributed by atoms with Gasteiger partial charge >= 0.3 is 5.97 Å². The van der Waals surface area contributed by atoms with Gasteiger partial charge in [-0.15, -0.1) is 0 Å². The number of halogens is 1. The van der Waals surface area contributed by atoms with Crippen molar-refractivity contribution >= 4 is 34.5 Å². The highest BCUT2D eigenvalue weighted by molar-refractivity contribution is 14.1. The van der Waals surface area contributed by atoms with Gasteiger partial charge in [0.1, 0.15) is 0 Å². The van der Waals surface area contributed by atoms with Gasteiger partial charge in [0.15, 0.2) is 6.61 Å². The molecular weight excluding hydrogens is 405 g/mol. The maximum atomic E-state index is 12.0. The van der Waals surface area contributed by atoms with Crippen molar-refractivity contribution in [3.8, 4) is 0 Å². The first kappa shape index (κ1) is 16.0. The minimum atomic E-state index is -0.475. The minimum Gasteiger partial charge on any atom is -0.452 e. The van der Waals surface area contributed by atoms with Crippen LogP contribution in [-0.2, 0) is 16.0 Å². The van der Waals surface area contributed by atoms with E-state index >= 15 is 0 Å². The van der Waals surface area contributed by atoms with E-state index in [9.17, 15) is 9.59 Å². The van der Waals surface area contributed by atoms with E-state index in [1.54, 1.807) is 12.1 Å². The molecule has 1 N–H and O–H groups in total. The van der Waals surface area contributed by atoms with Gasteiger partial charge in [0, 0.05) is 3.57 Å². The Morgan fingerprint density at radius 3 is 2.70 bits per heavy atom. The van der Waals surface area contributed by atoms with Crippen LogP contribution in [-0.4, -0.2) is 18.5 Å². The summed E-state index contributed by atoms with van der Waals surface area (Å²) in [6, 6.07) is 15.2. The Bertz CT molecular complexity index is 745. The first-order valence-corrected chi connectivity index (χ1v) is 8.52.